The Balaban J connectivity index is 2.26. The van der Waals surface area contributed by atoms with Crippen molar-refractivity contribution >= 4 is 12.0 Å². The van der Waals surface area contributed by atoms with Gasteiger partial charge in [0, 0.05) is 31.1 Å². The first-order valence-electron chi connectivity index (χ1n) is 5.64. The van der Waals surface area contributed by atoms with Gasteiger partial charge in [0.1, 0.15) is 6.29 Å². The molecule has 1 aliphatic rings. The molecule has 2 heteroatoms. The molecule has 2 rings (SSSR count). The summed E-state index contributed by atoms with van der Waals surface area (Å²) in [6.07, 6.45) is 2.84. The lowest BCUT2D eigenvalue weighted by Crippen LogP contribution is -2.22. The highest BCUT2D eigenvalue weighted by Crippen LogP contribution is 2.37. The third-order valence-electron chi connectivity index (χ3n) is 3.03. The molecule has 1 aromatic rings. The number of para-hydroxylation sites is 1. The van der Waals surface area contributed by atoms with E-state index in [4.69, 9.17) is 0 Å². The molecule has 80 valence electrons. The molecule has 0 aromatic heterocycles. The Morgan fingerprint density at radius 3 is 3.00 bits per heavy atom. The summed E-state index contributed by atoms with van der Waals surface area (Å²) in [5.74, 6) is 0.408. The minimum atomic E-state index is 0.408. The van der Waals surface area contributed by atoms with Crippen molar-refractivity contribution in [2.45, 2.75) is 25.7 Å². The van der Waals surface area contributed by atoms with Gasteiger partial charge in [0.15, 0.2) is 0 Å². The number of carbonyl (C=O) groups is 1. The standard InChI is InChI=1S/C13H17NO/c1-2-8-14-10-11(7-9-15)12-5-3-4-6-13(12)14/h3-6,9,11H,2,7-8,10H2,1H3. The van der Waals surface area contributed by atoms with Crippen LogP contribution < -0.4 is 4.90 Å². The fraction of sp³-hybridized carbons (Fsp3) is 0.462. The van der Waals surface area contributed by atoms with Gasteiger partial charge >= 0.3 is 0 Å². The first kappa shape index (κ1) is 10.2. The Kier molecular flexibility index (Phi) is 3.05. The summed E-state index contributed by atoms with van der Waals surface area (Å²) < 4.78 is 0. The van der Waals surface area contributed by atoms with E-state index in [9.17, 15) is 4.79 Å². The van der Waals surface area contributed by atoms with Crippen LogP contribution in [0, 0.1) is 0 Å². The van der Waals surface area contributed by atoms with E-state index in [2.05, 4.69) is 36.1 Å². The fourth-order valence-electron chi connectivity index (χ4n) is 2.38. The Morgan fingerprint density at radius 2 is 2.27 bits per heavy atom. The van der Waals surface area contributed by atoms with Gasteiger partial charge in [-0.3, -0.25) is 0 Å². The van der Waals surface area contributed by atoms with E-state index >= 15 is 0 Å². The summed E-state index contributed by atoms with van der Waals surface area (Å²) in [6, 6.07) is 8.45. The number of hydrogen-bond acceptors (Lipinski definition) is 2. The smallest absolute Gasteiger partial charge is 0.120 e. The lowest BCUT2D eigenvalue weighted by molar-refractivity contribution is -0.108. The molecule has 1 heterocycles. The number of benzene rings is 1. The van der Waals surface area contributed by atoms with Crippen LogP contribution in [0.2, 0.25) is 0 Å². The molecular weight excluding hydrogens is 186 g/mol. The molecule has 2 nitrogen and oxygen atoms in total. The highest BCUT2D eigenvalue weighted by atomic mass is 16.1. The zero-order valence-corrected chi connectivity index (χ0v) is 9.15. The van der Waals surface area contributed by atoms with Crippen LogP contribution in [-0.4, -0.2) is 19.4 Å². The van der Waals surface area contributed by atoms with E-state index in [1.807, 2.05) is 0 Å². The number of fused-ring (bicyclic) bond motifs is 1. The minimum Gasteiger partial charge on any atom is -0.371 e. The zero-order valence-electron chi connectivity index (χ0n) is 9.15. The maximum atomic E-state index is 10.6. The molecule has 0 spiro atoms. The summed E-state index contributed by atoms with van der Waals surface area (Å²) in [4.78, 5) is 13.0. The van der Waals surface area contributed by atoms with E-state index in [0.29, 0.717) is 12.3 Å². The monoisotopic (exact) mass is 203 g/mol. The Morgan fingerprint density at radius 1 is 1.47 bits per heavy atom. The summed E-state index contributed by atoms with van der Waals surface area (Å²) in [6.45, 7) is 4.29. The van der Waals surface area contributed by atoms with Gasteiger partial charge in [-0.05, 0) is 18.1 Å². The number of aldehydes is 1. The Labute approximate surface area is 90.9 Å². The second-order valence-corrected chi connectivity index (χ2v) is 4.10. The van der Waals surface area contributed by atoms with E-state index in [0.717, 1.165) is 25.8 Å². The van der Waals surface area contributed by atoms with Gasteiger partial charge in [0.25, 0.3) is 0 Å². The molecule has 1 aliphatic heterocycles. The summed E-state index contributed by atoms with van der Waals surface area (Å²) >= 11 is 0. The van der Waals surface area contributed by atoms with Crippen molar-refractivity contribution in [3.8, 4) is 0 Å². The predicted octanol–water partition coefficient (Wildman–Crippen LogP) is 2.59. The van der Waals surface area contributed by atoms with Crippen molar-refractivity contribution in [1.82, 2.24) is 0 Å². The third kappa shape index (κ3) is 1.89. The molecular formula is C13H17NO. The van der Waals surface area contributed by atoms with Crippen LogP contribution >= 0.6 is 0 Å². The fourth-order valence-corrected chi connectivity index (χ4v) is 2.38. The van der Waals surface area contributed by atoms with Crippen molar-refractivity contribution in [1.29, 1.82) is 0 Å². The second kappa shape index (κ2) is 4.47. The van der Waals surface area contributed by atoms with Crippen molar-refractivity contribution in [3.05, 3.63) is 29.8 Å². The minimum absolute atomic E-state index is 0.408. The molecule has 0 bridgehead atoms. The predicted molar refractivity (Wildman–Crippen MR) is 62.4 cm³/mol. The van der Waals surface area contributed by atoms with E-state index in [1.54, 1.807) is 0 Å². The third-order valence-corrected chi connectivity index (χ3v) is 3.03. The largest absolute Gasteiger partial charge is 0.371 e. The van der Waals surface area contributed by atoms with Crippen molar-refractivity contribution in [3.63, 3.8) is 0 Å². The molecule has 1 unspecified atom stereocenters. The zero-order chi connectivity index (χ0) is 10.7. The average Bonchev–Trinajstić information content (AvgIpc) is 2.59. The van der Waals surface area contributed by atoms with E-state index in [-0.39, 0.29) is 0 Å². The topological polar surface area (TPSA) is 20.3 Å². The maximum absolute atomic E-state index is 10.6. The Hall–Kier alpha value is -1.31. The van der Waals surface area contributed by atoms with Gasteiger partial charge in [-0.2, -0.15) is 0 Å². The van der Waals surface area contributed by atoms with Crippen molar-refractivity contribution in [2.24, 2.45) is 0 Å². The lowest BCUT2D eigenvalue weighted by Gasteiger charge is -2.18. The quantitative estimate of drug-likeness (QED) is 0.701. The van der Waals surface area contributed by atoms with Crippen LogP contribution in [0.4, 0.5) is 5.69 Å². The molecule has 0 amide bonds. The Bertz CT molecular complexity index is 348. The molecule has 0 saturated heterocycles. The van der Waals surface area contributed by atoms with E-state index < -0.39 is 0 Å². The molecule has 0 N–H and O–H groups in total. The molecule has 1 atom stereocenters. The van der Waals surface area contributed by atoms with E-state index in [1.165, 1.54) is 11.3 Å². The molecule has 0 saturated carbocycles. The highest BCUT2D eigenvalue weighted by Gasteiger charge is 2.26. The van der Waals surface area contributed by atoms with Gasteiger partial charge in [-0.15, -0.1) is 0 Å². The van der Waals surface area contributed by atoms with Crippen LogP contribution in [0.3, 0.4) is 0 Å². The van der Waals surface area contributed by atoms with Gasteiger partial charge < -0.3 is 9.69 Å². The van der Waals surface area contributed by atoms with Gasteiger partial charge in [-0.1, -0.05) is 25.1 Å². The summed E-state index contributed by atoms with van der Waals surface area (Å²) in [7, 11) is 0. The van der Waals surface area contributed by atoms with Gasteiger partial charge in [0.05, 0.1) is 0 Å². The molecule has 0 aliphatic carbocycles. The van der Waals surface area contributed by atoms with Crippen molar-refractivity contribution in [2.75, 3.05) is 18.0 Å². The first-order valence-corrected chi connectivity index (χ1v) is 5.64. The number of hydrogen-bond donors (Lipinski definition) is 0. The number of carbonyl (C=O) groups excluding carboxylic acids is 1. The van der Waals surface area contributed by atoms with Gasteiger partial charge in [-0.25, -0.2) is 0 Å². The number of nitrogens with zero attached hydrogens (tertiary/aromatic N) is 1. The summed E-state index contributed by atoms with van der Waals surface area (Å²) in [5, 5.41) is 0. The number of anilines is 1. The lowest BCUT2D eigenvalue weighted by atomic mass is 9.99. The SMILES string of the molecule is CCCN1CC(CC=O)c2ccccc21. The van der Waals surface area contributed by atoms with Crippen molar-refractivity contribution < 1.29 is 4.79 Å². The molecule has 15 heavy (non-hydrogen) atoms. The van der Waals surface area contributed by atoms with Crippen LogP contribution in [-0.2, 0) is 4.79 Å². The molecule has 0 fully saturated rings. The second-order valence-electron chi connectivity index (χ2n) is 4.10. The first-order chi connectivity index (χ1) is 7.36. The maximum Gasteiger partial charge on any atom is 0.120 e. The highest BCUT2D eigenvalue weighted by molar-refractivity contribution is 5.63. The molecule has 1 aromatic carbocycles. The van der Waals surface area contributed by atoms with Crippen LogP contribution in [0.25, 0.3) is 0 Å². The van der Waals surface area contributed by atoms with Crippen LogP contribution in [0.5, 0.6) is 0 Å². The molecule has 0 radical (unpaired) electrons. The average molecular weight is 203 g/mol. The normalized spacial score (nSPS) is 19.0. The van der Waals surface area contributed by atoms with Crippen LogP contribution in [0.15, 0.2) is 24.3 Å². The van der Waals surface area contributed by atoms with Crippen LogP contribution in [0.1, 0.15) is 31.2 Å². The number of rotatable bonds is 4. The van der Waals surface area contributed by atoms with Gasteiger partial charge in [0.2, 0.25) is 0 Å². The summed E-state index contributed by atoms with van der Waals surface area (Å²) in [5.41, 5.74) is 2.67.